The van der Waals surface area contributed by atoms with Crippen LogP contribution in [0.2, 0.25) is 0 Å². The molecule has 7 heteroatoms. The Balaban J connectivity index is 2.84. The van der Waals surface area contributed by atoms with Gasteiger partial charge in [-0.25, -0.2) is 8.78 Å². The summed E-state index contributed by atoms with van der Waals surface area (Å²) in [7, 11) is 0. The summed E-state index contributed by atoms with van der Waals surface area (Å²) in [5.41, 5.74) is 5.65. The maximum atomic E-state index is 12.2. The molecule has 0 aromatic heterocycles. The highest BCUT2D eigenvalue weighted by molar-refractivity contribution is 5.97. The molecule has 0 aliphatic carbocycles. The number of hydrogen-bond donors (Lipinski definition) is 1. The number of alkyl halides is 2. The third-order valence-electron chi connectivity index (χ3n) is 2.13. The molecular formula is C11H14F2N4O. The molecule has 5 nitrogen and oxygen atoms in total. The van der Waals surface area contributed by atoms with Crippen LogP contribution in [-0.2, 0) is 0 Å². The highest BCUT2D eigenvalue weighted by Crippen LogP contribution is 2.18. The number of benzene rings is 1. The van der Waals surface area contributed by atoms with Crippen LogP contribution in [0.1, 0.15) is 10.4 Å². The third-order valence-corrected chi connectivity index (χ3v) is 2.13. The number of amides is 1. The van der Waals surface area contributed by atoms with Gasteiger partial charge in [-0.3, -0.25) is 9.80 Å². The molecule has 1 aromatic carbocycles. The number of hydrogen-bond acceptors (Lipinski definition) is 3. The molecule has 0 aliphatic heterocycles. The van der Waals surface area contributed by atoms with Crippen molar-refractivity contribution in [2.45, 2.75) is 0 Å². The highest BCUT2D eigenvalue weighted by Gasteiger charge is 2.07. The Kier molecular flexibility index (Phi) is 5.69. The van der Waals surface area contributed by atoms with Gasteiger partial charge in [-0.15, -0.1) is 5.11 Å². The van der Waals surface area contributed by atoms with Crippen molar-refractivity contribution in [2.75, 3.05) is 26.4 Å². The van der Waals surface area contributed by atoms with Crippen molar-refractivity contribution < 1.29 is 13.6 Å². The Bertz CT molecular complexity index is 419. The molecular weight excluding hydrogens is 242 g/mol. The predicted molar refractivity (Wildman–Crippen MR) is 63.0 cm³/mol. The molecule has 0 fully saturated rings. The fourth-order valence-electron chi connectivity index (χ4n) is 1.28. The van der Waals surface area contributed by atoms with E-state index in [0.717, 1.165) is 5.01 Å². The average Bonchev–Trinajstić information content (AvgIpc) is 2.36. The molecule has 0 bridgehead atoms. The van der Waals surface area contributed by atoms with Gasteiger partial charge in [0.2, 0.25) is 0 Å². The average molecular weight is 256 g/mol. The van der Waals surface area contributed by atoms with Gasteiger partial charge in [-0.2, -0.15) is 0 Å². The van der Waals surface area contributed by atoms with E-state index in [2.05, 4.69) is 10.3 Å². The van der Waals surface area contributed by atoms with Crippen LogP contribution in [0, 0.1) is 0 Å². The Morgan fingerprint density at radius 2 is 1.83 bits per heavy atom. The summed E-state index contributed by atoms with van der Waals surface area (Å²) in [6.45, 7) is -1.41. The van der Waals surface area contributed by atoms with Crippen molar-refractivity contribution in [1.29, 1.82) is 0 Å². The second-order valence-corrected chi connectivity index (χ2v) is 3.40. The van der Waals surface area contributed by atoms with E-state index < -0.39 is 19.3 Å². The van der Waals surface area contributed by atoms with Crippen LogP contribution in [0.5, 0.6) is 0 Å². The lowest BCUT2D eigenvalue weighted by Gasteiger charge is -2.13. The molecule has 2 N–H and O–H groups in total. The quantitative estimate of drug-likeness (QED) is 0.599. The van der Waals surface area contributed by atoms with Crippen molar-refractivity contribution in [2.24, 2.45) is 16.1 Å². The van der Waals surface area contributed by atoms with E-state index in [-0.39, 0.29) is 24.3 Å². The summed E-state index contributed by atoms with van der Waals surface area (Å²) in [6, 6.07) is 6.35. The second-order valence-electron chi connectivity index (χ2n) is 3.40. The molecule has 0 radical (unpaired) electrons. The normalized spacial score (nSPS) is 10.8. The van der Waals surface area contributed by atoms with Gasteiger partial charge < -0.3 is 5.73 Å². The lowest BCUT2D eigenvalue weighted by atomic mass is 10.2. The molecule has 18 heavy (non-hydrogen) atoms. The van der Waals surface area contributed by atoms with Crippen LogP contribution in [0.4, 0.5) is 14.5 Å². The topological polar surface area (TPSA) is 71.0 Å². The molecule has 0 saturated carbocycles. The van der Waals surface area contributed by atoms with Crippen molar-refractivity contribution in [3.05, 3.63) is 29.8 Å². The fourth-order valence-corrected chi connectivity index (χ4v) is 1.28. The zero-order valence-corrected chi connectivity index (χ0v) is 9.72. The zero-order valence-electron chi connectivity index (χ0n) is 9.72. The summed E-state index contributed by atoms with van der Waals surface area (Å²) in [4.78, 5) is 11.1. The Morgan fingerprint density at radius 3 is 2.39 bits per heavy atom. The van der Waals surface area contributed by atoms with Crippen LogP contribution in [0.15, 0.2) is 34.6 Å². The van der Waals surface area contributed by atoms with Crippen LogP contribution in [0.3, 0.4) is 0 Å². The van der Waals surface area contributed by atoms with Gasteiger partial charge in [0.1, 0.15) is 19.0 Å². The molecule has 1 amide bonds. The summed E-state index contributed by atoms with van der Waals surface area (Å²) < 4.78 is 24.3. The Hall–Kier alpha value is -2.05. The van der Waals surface area contributed by atoms with Crippen molar-refractivity contribution in [3.8, 4) is 0 Å². The van der Waals surface area contributed by atoms with Gasteiger partial charge in [-0.05, 0) is 12.1 Å². The smallest absolute Gasteiger partial charge is 0.250 e. The van der Waals surface area contributed by atoms with E-state index in [4.69, 9.17) is 5.73 Å². The maximum absolute atomic E-state index is 12.2. The first kappa shape index (κ1) is 14.0. The number of carbonyl (C=O) groups is 1. The lowest BCUT2D eigenvalue weighted by molar-refractivity contribution is 0.100. The van der Waals surface area contributed by atoms with Gasteiger partial charge >= 0.3 is 0 Å². The largest absolute Gasteiger partial charge is 0.366 e. The minimum absolute atomic E-state index is 0.0494. The maximum Gasteiger partial charge on any atom is 0.250 e. The number of nitrogens with zero attached hydrogens (tertiary/aromatic N) is 3. The summed E-state index contributed by atoms with van der Waals surface area (Å²) in [5, 5.41) is 8.62. The third kappa shape index (κ3) is 4.08. The van der Waals surface area contributed by atoms with Gasteiger partial charge in [-0.1, -0.05) is 17.4 Å². The van der Waals surface area contributed by atoms with E-state index in [1.807, 2.05) is 0 Å². The molecule has 0 heterocycles. The minimum atomic E-state index is -0.656. The summed E-state index contributed by atoms with van der Waals surface area (Å²) >= 11 is 0. The van der Waals surface area contributed by atoms with Gasteiger partial charge in [0.15, 0.2) is 0 Å². The number of halogens is 2. The van der Waals surface area contributed by atoms with Crippen molar-refractivity contribution >= 4 is 11.6 Å². The van der Waals surface area contributed by atoms with E-state index in [1.54, 1.807) is 18.2 Å². The second kappa shape index (κ2) is 7.31. The molecule has 0 spiro atoms. The summed E-state index contributed by atoms with van der Waals surface area (Å²) in [5.74, 6) is -0.632. The van der Waals surface area contributed by atoms with Crippen LogP contribution < -0.4 is 5.73 Å². The molecule has 0 atom stereocenters. The zero-order chi connectivity index (χ0) is 13.4. The number of carbonyl (C=O) groups excluding carboxylic acids is 1. The standard InChI is InChI=1S/C11H14F2N4O/c12-5-7-17(8-6-13)16-15-10-4-2-1-3-9(10)11(14)18/h1-4H,5-8H2,(H2,14,18). The Morgan fingerprint density at radius 1 is 1.22 bits per heavy atom. The van der Waals surface area contributed by atoms with E-state index in [9.17, 15) is 13.6 Å². The first-order valence-corrected chi connectivity index (χ1v) is 5.36. The van der Waals surface area contributed by atoms with Gasteiger partial charge in [0.05, 0.1) is 18.7 Å². The van der Waals surface area contributed by atoms with Gasteiger partial charge in [0, 0.05) is 0 Å². The monoisotopic (exact) mass is 256 g/mol. The molecule has 98 valence electrons. The first-order valence-electron chi connectivity index (χ1n) is 5.36. The highest BCUT2D eigenvalue weighted by atomic mass is 19.1. The van der Waals surface area contributed by atoms with E-state index >= 15 is 0 Å². The lowest BCUT2D eigenvalue weighted by Crippen LogP contribution is -2.22. The van der Waals surface area contributed by atoms with Crippen molar-refractivity contribution in [3.63, 3.8) is 0 Å². The van der Waals surface area contributed by atoms with E-state index in [1.165, 1.54) is 6.07 Å². The summed E-state index contributed by atoms with van der Waals surface area (Å²) in [6.07, 6.45) is 0. The van der Waals surface area contributed by atoms with Crippen LogP contribution >= 0.6 is 0 Å². The van der Waals surface area contributed by atoms with Crippen molar-refractivity contribution in [1.82, 2.24) is 5.01 Å². The van der Waals surface area contributed by atoms with E-state index in [0.29, 0.717) is 0 Å². The Labute approximate surface area is 103 Å². The predicted octanol–water partition coefficient (Wildman–Crippen LogP) is 2.03. The SMILES string of the molecule is NC(=O)c1ccccc1N=NN(CCF)CCF. The van der Waals surface area contributed by atoms with Crippen LogP contribution in [-0.4, -0.2) is 37.4 Å². The first-order chi connectivity index (χ1) is 8.69. The van der Waals surface area contributed by atoms with Crippen LogP contribution in [0.25, 0.3) is 0 Å². The van der Waals surface area contributed by atoms with Gasteiger partial charge in [0.25, 0.3) is 5.91 Å². The number of nitrogens with two attached hydrogens (primary N) is 1. The molecule has 0 unspecified atom stereocenters. The number of rotatable bonds is 7. The molecule has 1 rings (SSSR count). The molecule has 0 saturated heterocycles. The minimum Gasteiger partial charge on any atom is -0.366 e. The molecule has 1 aromatic rings. The number of primary amides is 1. The molecule has 0 aliphatic rings. The fraction of sp³-hybridized carbons (Fsp3) is 0.364.